The van der Waals surface area contributed by atoms with E-state index in [9.17, 15) is 27.0 Å². The fourth-order valence-electron chi connectivity index (χ4n) is 10.6. The van der Waals surface area contributed by atoms with E-state index in [1.54, 1.807) is 12.1 Å². The zero-order valence-corrected chi connectivity index (χ0v) is 42.7. The molecule has 3 unspecified atom stereocenters. The van der Waals surface area contributed by atoms with Crippen molar-refractivity contribution < 1.29 is 27.0 Å². The van der Waals surface area contributed by atoms with Gasteiger partial charge in [-0.3, -0.25) is 0 Å². The van der Waals surface area contributed by atoms with Gasteiger partial charge in [0.1, 0.15) is 0 Å². The fourth-order valence-corrected chi connectivity index (χ4v) is 15.1. The molecular formula is C56H82N2O6S2. The Bertz CT molecular complexity index is 2140. The molecule has 0 saturated heterocycles. The number of anilines is 2. The summed E-state index contributed by atoms with van der Waals surface area (Å²) in [6.45, 7) is 14.4. The summed E-state index contributed by atoms with van der Waals surface area (Å²) in [6.07, 6.45) is 14.3. The van der Waals surface area contributed by atoms with Gasteiger partial charge >= 0.3 is 0 Å². The van der Waals surface area contributed by atoms with Gasteiger partial charge in [0.05, 0.1) is 33.5 Å². The molecule has 2 aliphatic rings. The van der Waals surface area contributed by atoms with Crippen LogP contribution in [0.25, 0.3) is 0 Å². The van der Waals surface area contributed by atoms with E-state index in [4.69, 9.17) is 0 Å². The van der Waals surface area contributed by atoms with E-state index >= 15 is 0 Å². The molecule has 2 aliphatic heterocycles. The normalized spacial score (nSPS) is 24.1. The number of fused-ring (bicyclic) bond motifs is 2. The van der Waals surface area contributed by atoms with Crippen LogP contribution in [0.4, 0.5) is 11.4 Å². The van der Waals surface area contributed by atoms with Gasteiger partial charge in [-0.15, -0.1) is 0 Å². The molecule has 6 rings (SSSR count). The minimum atomic E-state index is -3.54. The van der Waals surface area contributed by atoms with Gasteiger partial charge in [-0.05, 0) is 97.2 Å². The molecule has 4 aromatic carbocycles. The first kappa shape index (κ1) is 53.3. The zero-order chi connectivity index (χ0) is 47.8. The molecule has 0 radical (unpaired) electrons. The van der Waals surface area contributed by atoms with Crippen molar-refractivity contribution in [3.63, 3.8) is 0 Å². The second kappa shape index (κ2) is 25.1. The van der Waals surface area contributed by atoms with Gasteiger partial charge in [-0.2, -0.15) is 0 Å². The average molecular weight is 943 g/mol. The second-order valence-corrected chi connectivity index (χ2v) is 23.2. The first-order valence-corrected chi connectivity index (χ1v) is 28.7. The van der Waals surface area contributed by atoms with Crippen molar-refractivity contribution in [2.24, 2.45) is 10.8 Å². The molecule has 364 valence electrons. The molecule has 4 aromatic rings. The van der Waals surface area contributed by atoms with Crippen LogP contribution in [-0.2, 0) is 19.7 Å². The van der Waals surface area contributed by atoms with Crippen LogP contribution in [0, 0.1) is 10.8 Å². The van der Waals surface area contributed by atoms with Crippen LogP contribution in [0.2, 0.25) is 0 Å². The Kier molecular flexibility index (Phi) is 20.2. The third kappa shape index (κ3) is 12.9. The third-order valence-corrected chi connectivity index (χ3v) is 18.7. The van der Waals surface area contributed by atoms with Crippen molar-refractivity contribution in [3.8, 4) is 0 Å². The summed E-state index contributed by atoms with van der Waals surface area (Å²) in [7, 11) is -7.08. The van der Waals surface area contributed by atoms with Crippen molar-refractivity contribution >= 4 is 31.0 Å². The number of unbranched alkanes of at least 4 members (excludes halogenated alkanes) is 8. The van der Waals surface area contributed by atoms with Crippen LogP contribution < -0.4 is 10.6 Å². The Morgan fingerprint density at radius 3 is 1.18 bits per heavy atom. The van der Waals surface area contributed by atoms with Gasteiger partial charge < -0.3 is 20.8 Å². The lowest BCUT2D eigenvalue weighted by Crippen LogP contribution is -2.42. The quantitative estimate of drug-likeness (QED) is 0.0573. The Labute approximate surface area is 399 Å². The average Bonchev–Trinajstić information content (AvgIpc) is 3.44. The topological polar surface area (TPSA) is 133 Å². The van der Waals surface area contributed by atoms with Gasteiger partial charge in [0.2, 0.25) is 0 Å². The molecule has 4 N–H and O–H groups in total. The monoisotopic (exact) mass is 943 g/mol. The van der Waals surface area contributed by atoms with Gasteiger partial charge in [-0.25, -0.2) is 16.8 Å². The minimum absolute atomic E-state index is 0.00219. The highest BCUT2D eigenvalue weighted by molar-refractivity contribution is 7.91. The molecule has 0 aliphatic carbocycles. The van der Waals surface area contributed by atoms with Crippen LogP contribution in [-0.4, -0.2) is 63.9 Å². The number of aliphatic hydroxyl groups excluding tert-OH is 2. The van der Waals surface area contributed by atoms with Crippen molar-refractivity contribution in [2.45, 2.75) is 178 Å². The Morgan fingerprint density at radius 2 is 0.848 bits per heavy atom. The predicted octanol–water partition coefficient (Wildman–Crippen LogP) is 13.1. The van der Waals surface area contributed by atoms with Gasteiger partial charge in [0.25, 0.3) is 0 Å². The molecule has 0 saturated carbocycles. The van der Waals surface area contributed by atoms with Crippen molar-refractivity contribution in [1.29, 1.82) is 0 Å². The van der Waals surface area contributed by atoms with E-state index in [0.29, 0.717) is 35.5 Å². The first-order chi connectivity index (χ1) is 31.8. The van der Waals surface area contributed by atoms with Crippen LogP contribution in [0.3, 0.4) is 0 Å². The minimum Gasteiger partial charge on any atom is -0.392 e. The number of rotatable bonds is 22. The van der Waals surface area contributed by atoms with E-state index in [2.05, 4.69) is 38.3 Å². The molecular weight excluding hydrogens is 861 g/mol. The third-order valence-electron chi connectivity index (χ3n) is 14.7. The summed E-state index contributed by atoms with van der Waals surface area (Å²) in [5, 5.41) is 30.8. The summed E-state index contributed by atoms with van der Waals surface area (Å²) < 4.78 is 54.7. The van der Waals surface area contributed by atoms with Crippen molar-refractivity contribution in [2.75, 3.05) is 35.2 Å². The molecule has 66 heavy (non-hydrogen) atoms. The number of benzene rings is 4. The lowest BCUT2D eigenvalue weighted by molar-refractivity contribution is 0.0173. The summed E-state index contributed by atoms with van der Waals surface area (Å²) in [6, 6.07) is 31.1. The highest BCUT2D eigenvalue weighted by Gasteiger charge is 2.50. The van der Waals surface area contributed by atoms with Crippen molar-refractivity contribution in [3.05, 3.63) is 119 Å². The maximum Gasteiger partial charge on any atom is 0.179 e. The summed E-state index contributed by atoms with van der Waals surface area (Å²) in [5.74, 6) is -0.760. The highest BCUT2D eigenvalue weighted by Crippen LogP contribution is 2.51. The van der Waals surface area contributed by atoms with Gasteiger partial charge in [-0.1, -0.05) is 166 Å². The summed E-state index contributed by atoms with van der Waals surface area (Å²) in [5.41, 5.74) is 3.90. The van der Waals surface area contributed by atoms with E-state index in [1.165, 1.54) is 38.5 Å². The number of aliphatic hydroxyl groups is 2. The maximum absolute atomic E-state index is 13.7. The van der Waals surface area contributed by atoms with E-state index < -0.39 is 42.7 Å². The molecule has 0 bridgehead atoms. The Morgan fingerprint density at radius 1 is 0.485 bits per heavy atom. The van der Waals surface area contributed by atoms with E-state index in [0.717, 1.165) is 85.2 Å². The van der Waals surface area contributed by atoms with Crippen LogP contribution in [0.5, 0.6) is 0 Å². The summed E-state index contributed by atoms with van der Waals surface area (Å²) in [4.78, 5) is 0.748. The standard InChI is InChI=1S/2C28H41NO3S/c2*1-4-7-9-13-19-29-23-16-17-25-24(20-23)26(22-14-11-10-12-15-22)27(30)28(6-3,18-8-5-2)21-33(25,31)32/h2*10-12,14-17,20,26-27,29-30H,4-9,13,18-19,21H2,1-3H3/t26?,27?,28-;26-,27?,28+/m10/s1. The predicted molar refractivity (Wildman–Crippen MR) is 275 cm³/mol. The smallest absolute Gasteiger partial charge is 0.179 e. The van der Waals surface area contributed by atoms with Crippen molar-refractivity contribution in [1.82, 2.24) is 0 Å². The molecule has 0 aromatic heterocycles. The Hall–Kier alpha value is -3.70. The van der Waals surface area contributed by atoms with E-state index in [-0.39, 0.29) is 23.3 Å². The lowest BCUT2D eigenvalue weighted by atomic mass is 9.69. The molecule has 6 atom stereocenters. The van der Waals surface area contributed by atoms with Crippen LogP contribution >= 0.6 is 0 Å². The molecule has 0 spiro atoms. The fraction of sp³-hybridized carbons (Fsp3) is 0.571. The molecule has 0 amide bonds. The van der Waals surface area contributed by atoms with E-state index in [1.807, 2.05) is 98.8 Å². The van der Waals surface area contributed by atoms with Gasteiger partial charge in [0, 0.05) is 47.1 Å². The second-order valence-electron chi connectivity index (χ2n) is 19.3. The number of nitrogens with one attached hydrogen (secondary N) is 2. The number of hydrogen-bond donors (Lipinski definition) is 4. The van der Waals surface area contributed by atoms with Crippen LogP contribution in [0.15, 0.2) is 107 Å². The first-order valence-electron chi connectivity index (χ1n) is 25.4. The largest absolute Gasteiger partial charge is 0.392 e. The molecule has 0 fully saturated rings. The van der Waals surface area contributed by atoms with Gasteiger partial charge in [0.15, 0.2) is 19.7 Å². The Balaban J connectivity index is 0.000000247. The zero-order valence-electron chi connectivity index (χ0n) is 41.0. The van der Waals surface area contributed by atoms with Crippen LogP contribution in [0.1, 0.15) is 178 Å². The SMILES string of the molecule is CCCCCCNc1ccc2c(c1)C(c1ccccc1)C(O)[C@](CC)(CCCC)CS2(=O)=O.CCCCCCNc1ccc2c(c1)[C@H](c1ccccc1)C(O)[C@](CC)(CCCC)CS2(=O)=O. The summed E-state index contributed by atoms with van der Waals surface area (Å²) >= 11 is 0. The lowest BCUT2D eigenvalue weighted by Gasteiger charge is -2.39. The molecule has 2 heterocycles. The number of hydrogen-bond acceptors (Lipinski definition) is 8. The molecule has 10 heteroatoms. The maximum atomic E-state index is 13.7. The number of sulfone groups is 2. The molecule has 8 nitrogen and oxygen atoms in total. The highest BCUT2D eigenvalue weighted by atomic mass is 32.2.